The summed E-state index contributed by atoms with van der Waals surface area (Å²) in [5, 5.41) is 5.78. The molecule has 4 N–H and O–H groups in total. The van der Waals surface area contributed by atoms with Gasteiger partial charge in [0.25, 0.3) is 5.91 Å². The van der Waals surface area contributed by atoms with Gasteiger partial charge in [0, 0.05) is 31.0 Å². The quantitative estimate of drug-likeness (QED) is 0.769. The molecule has 7 heteroatoms. The maximum atomic E-state index is 12.3. The third-order valence-corrected chi connectivity index (χ3v) is 4.96. The summed E-state index contributed by atoms with van der Waals surface area (Å²) in [5.74, 6) is -0.151. The van der Waals surface area contributed by atoms with Crippen molar-refractivity contribution < 1.29 is 14.3 Å². The predicted molar refractivity (Wildman–Crippen MR) is 101 cm³/mol. The first-order valence-electron chi connectivity index (χ1n) is 9.48. The maximum Gasteiger partial charge on any atom is 0.321 e. The molecule has 0 bridgehead atoms. The number of nitrogens with zero attached hydrogens (tertiary/aromatic N) is 1. The van der Waals surface area contributed by atoms with Crippen molar-refractivity contribution in [3.05, 3.63) is 24.3 Å². The summed E-state index contributed by atoms with van der Waals surface area (Å²) in [6.07, 6.45) is 5.55. The zero-order chi connectivity index (χ0) is 18.4. The van der Waals surface area contributed by atoms with Gasteiger partial charge in [-0.05, 0) is 49.9 Å². The van der Waals surface area contributed by atoms with Crippen LogP contribution in [-0.4, -0.2) is 48.7 Å². The lowest BCUT2D eigenvalue weighted by Crippen LogP contribution is -2.35. The molecule has 2 fully saturated rings. The Bertz CT molecular complexity index is 612. The molecule has 2 aliphatic heterocycles. The van der Waals surface area contributed by atoms with E-state index in [4.69, 9.17) is 10.5 Å². The van der Waals surface area contributed by atoms with Crippen LogP contribution in [0.5, 0.6) is 0 Å². The molecule has 142 valence electrons. The van der Waals surface area contributed by atoms with Crippen LogP contribution in [0.2, 0.25) is 0 Å². The first-order chi connectivity index (χ1) is 12.7. The molecule has 1 aromatic rings. The number of ether oxygens (including phenoxy) is 1. The monoisotopic (exact) mass is 360 g/mol. The lowest BCUT2D eigenvalue weighted by Gasteiger charge is -2.21. The highest BCUT2D eigenvalue weighted by atomic mass is 16.5. The maximum absolute atomic E-state index is 12.3. The van der Waals surface area contributed by atoms with Gasteiger partial charge in [0.1, 0.15) is 6.10 Å². The van der Waals surface area contributed by atoms with Crippen molar-refractivity contribution in [3.63, 3.8) is 0 Å². The molecular formula is C19H28N4O3. The summed E-state index contributed by atoms with van der Waals surface area (Å²) < 4.78 is 5.60. The molecule has 3 rings (SSSR count). The Morgan fingerprint density at radius 2 is 1.62 bits per heavy atom. The number of hydrogen-bond donors (Lipinski definition) is 3. The molecule has 26 heavy (non-hydrogen) atoms. The molecule has 0 saturated carbocycles. The van der Waals surface area contributed by atoms with Gasteiger partial charge in [0.15, 0.2) is 0 Å². The van der Waals surface area contributed by atoms with Gasteiger partial charge in [-0.15, -0.1) is 0 Å². The number of benzene rings is 1. The topological polar surface area (TPSA) is 96.7 Å². The van der Waals surface area contributed by atoms with E-state index >= 15 is 0 Å². The third-order valence-electron chi connectivity index (χ3n) is 4.96. The summed E-state index contributed by atoms with van der Waals surface area (Å²) in [4.78, 5) is 26.4. The van der Waals surface area contributed by atoms with Crippen LogP contribution in [0, 0.1) is 0 Å². The summed E-state index contributed by atoms with van der Waals surface area (Å²) in [7, 11) is 0. The largest absolute Gasteiger partial charge is 0.364 e. The van der Waals surface area contributed by atoms with Gasteiger partial charge in [0.2, 0.25) is 0 Å². The minimum Gasteiger partial charge on any atom is -0.364 e. The van der Waals surface area contributed by atoms with E-state index in [0.717, 1.165) is 38.0 Å². The van der Waals surface area contributed by atoms with Crippen molar-refractivity contribution in [2.24, 2.45) is 5.73 Å². The van der Waals surface area contributed by atoms with Gasteiger partial charge in [-0.1, -0.05) is 12.8 Å². The van der Waals surface area contributed by atoms with Gasteiger partial charge in [-0.3, -0.25) is 4.79 Å². The van der Waals surface area contributed by atoms with Crippen LogP contribution >= 0.6 is 0 Å². The summed E-state index contributed by atoms with van der Waals surface area (Å²) in [6.45, 7) is 2.06. The molecule has 2 heterocycles. The van der Waals surface area contributed by atoms with Gasteiger partial charge in [0.05, 0.1) is 6.10 Å². The fourth-order valence-electron chi connectivity index (χ4n) is 3.41. The number of amides is 3. The molecule has 1 aromatic carbocycles. The fraction of sp³-hybridized carbons (Fsp3) is 0.579. The molecule has 3 amide bonds. The number of carbonyl (C=O) groups is 2. The van der Waals surface area contributed by atoms with Gasteiger partial charge >= 0.3 is 6.03 Å². The molecule has 7 nitrogen and oxygen atoms in total. The molecular weight excluding hydrogens is 332 g/mol. The van der Waals surface area contributed by atoms with E-state index in [1.165, 1.54) is 12.8 Å². The van der Waals surface area contributed by atoms with Crippen molar-refractivity contribution >= 4 is 23.3 Å². The lowest BCUT2D eigenvalue weighted by molar-refractivity contribution is -0.126. The van der Waals surface area contributed by atoms with E-state index in [-0.39, 0.29) is 18.0 Å². The molecule has 2 atom stereocenters. The summed E-state index contributed by atoms with van der Waals surface area (Å²) in [6, 6.07) is 7.10. The van der Waals surface area contributed by atoms with Crippen LogP contribution in [0.1, 0.15) is 38.5 Å². The average molecular weight is 360 g/mol. The van der Waals surface area contributed by atoms with Crippen LogP contribution in [0.15, 0.2) is 24.3 Å². The SMILES string of the molecule is NC[C@H]1CC[C@@H](C(=O)Nc2ccc(NC(=O)N3CCCCCC3)cc2)O1. The Kier molecular flexibility index (Phi) is 6.46. The highest BCUT2D eigenvalue weighted by Crippen LogP contribution is 2.21. The standard InChI is InChI=1S/C19H28N4O3/c20-13-16-9-10-17(26-16)18(24)21-14-5-7-15(8-6-14)22-19(25)23-11-3-1-2-4-12-23/h5-8,16-17H,1-4,9-13,20H2,(H,21,24)(H,22,25)/t16-,17+/m1/s1. The van der Waals surface area contributed by atoms with Crippen molar-refractivity contribution in [1.29, 1.82) is 0 Å². The van der Waals surface area contributed by atoms with E-state index in [2.05, 4.69) is 10.6 Å². The van der Waals surface area contributed by atoms with E-state index in [0.29, 0.717) is 18.7 Å². The van der Waals surface area contributed by atoms with Crippen molar-refractivity contribution in [1.82, 2.24) is 4.90 Å². The zero-order valence-corrected chi connectivity index (χ0v) is 15.1. The Morgan fingerprint density at radius 3 is 2.19 bits per heavy atom. The number of carbonyl (C=O) groups excluding carboxylic acids is 2. The fourth-order valence-corrected chi connectivity index (χ4v) is 3.41. The van der Waals surface area contributed by atoms with Crippen molar-refractivity contribution in [3.8, 4) is 0 Å². The molecule has 2 saturated heterocycles. The minimum atomic E-state index is -0.439. The zero-order valence-electron chi connectivity index (χ0n) is 15.1. The summed E-state index contributed by atoms with van der Waals surface area (Å²) >= 11 is 0. The number of likely N-dealkylation sites (tertiary alicyclic amines) is 1. The molecule has 0 radical (unpaired) electrons. The highest BCUT2D eigenvalue weighted by molar-refractivity contribution is 5.95. The molecule has 0 aliphatic carbocycles. The summed E-state index contributed by atoms with van der Waals surface area (Å²) in [5.41, 5.74) is 6.98. The first kappa shape index (κ1) is 18.7. The predicted octanol–water partition coefficient (Wildman–Crippen LogP) is 2.54. The van der Waals surface area contributed by atoms with E-state index in [1.54, 1.807) is 24.3 Å². The molecule has 0 aromatic heterocycles. The number of nitrogens with one attached hydrogen (secondary N) is 2. The molecule has 2 aliphatic rings. The number of nitrogens with two attached hydrogens (primary N) is 1. The van der Waals surface area contributed by atoms with Crippen LogP contribution in [0.25, 0.3) is 0 Å². The smallest absolute Gasteiger partial charge is 0.321 e. The van der Waals surface area contributed by atoms with Gasteiger partial charge in [-0.25, -0.2) is 4.79 Å². The number of rotatable bonds is 4. The van der Waals surface area contributed by atoms with Crippen LogP contribution in [-0.2, 0) is 9.53 Å². The highest BCUT2D eigenvalue weighted by Gasteiger charge is 2.29. The van der Waals surface area contributed by atoms with Gasteiger partial charge < -0.3 is 26.0 Å². The average Bonchev–Trinajstić information content (AvgIpc) is 2.97. The van der Waals surface area contributed by atoms with Gasteiger partial charge in [-0.2, -0.15) is 0 Å². The molecule has 0 unspecified atom stereocenters. The minimum absolute atomic E-state index is 0.0256. The number of hydrogen-bond acceptors (Lipinski definition) is 4. The number of urea groups is 1. The third kappa shape index (κ3) is 4.95. The van der Waals surface area contributed by atoms with Crippen LogP contribution in [0.3, 0.4) is 0 Å². The van der Waals surface area contributed by atoms with Crippen LogP contribution in [0.4, 0.5) is 16.2 Å². The van der Waals surface area contributed by atoms with E-state index in [1.807, 2.05) is 4.90 Å². The lowest BCUT2D eigenvalue weighted by atomic mass is 10.2. The Balaban J connectivity index is 1.50. The second-order valence-electron chi connectivity index (χ2n) is 6.96. The van der Waals surface area contributed by atoms with E-state index < -0.39 is 6.10 Å². The van der Waals surface area contributed by atoms with E-state index in [9.17, 15) is 9.59 Å². The van der Waals surface area contributed by atoms with Crippen molar-refractivity contribution in [2.45, 2.75) is 50.7 Å². The normalized spacial score (nSPS) is 23.3. The second kappa shape index (κ2) is 9.00. The second-order valence-corrected chi connectivity index (χ2v) is 6.96. The Morgan fingerprint density at radius 1 is 1.00 bits per heavy atom. The number of anilines is 2. The Labute approximate surface area is 154 Å². The van der Waals surface area contributed by atoms with Crippen LogP contribution < -0.4 is 16.4 Å². The van der Waals surface area contributed by atoms with Crippen molar-refractivity contribution in [2.75, 3.05) is 30.3 Å². The first-order valence-corrected chi connectivity index (χ1v) is 9.48. The molecule has 0 spiro atoms. The Hall–Kier alpha value is -2.12.